The molecule has 6 aliphatic rings. The second kappa shape index (κ2) is 38.7. The summed E-state index contributed by atoms with van der Waals surface area (Å²) in [6, 6.07) is 23.8. The molecule has 15 aromatic heterocycles. The Bertz CT molecular complexity index is 8700. The van der Waals surface area contributed by atoms with Crippen molar-refractivity contribution in [1.29, 1.82) is 26.3 Å². The van der Waals surface area contributed by atoms with Gasteiger partial charge in [-0.15, -0.1) is 0 Å². The van der Waals surface area contributed by atoms with Gasteiger partial charge in [0.15, 0.2) is 0 Å². The van der Waals surface area contributed by atoms with Gasteiger partial charge >= 0.3 is 5.82 Å². The van der Waals surface area contributed by atoms with Gasteiger partial charge in [-0.05, 0) is 107 Å². The van der Waals surface area contributed by atoms with Crippen LogP contribution in [0.4, 0.5) is 28.7 Å². The third-order valence-corrected chi connectivity index (χ3v) is 37.3. The number of hydrogen-bond acceptors (Lipinski definition) is 25. The third kappa shape index (κ3) is 18.3. The highest BCUT2D eigenvalue weighted by Crippen LogP contribution is 2.49. The minimum atomic E-state index is -3.48. The van der Waals surface area contributed by atoms with Gasteiger partial charge in [0.05, 0.1) is 153 Å². The quantitative estimate of drug-likeness (QED) is 0.0332. The molecule has 50 heteroatoms. The number of sulfonamides is 5. The zero-order valence-corrected chi connectivity index (χ0v) is 83.4. The van der Waals surface area contributed by atoms with E-state index < -0.39 is 82.6 Å². The van der Waals surface area contributed by atoms with E-state index in [4.69, 9.17) is 32.9 Å². The summed E-state index contributed by atoms with van der Waals surface area (Å²) in [6.07, 6.45) is 32.5. The number of hydrogen-bond donors (Lipinski definition) is 5. The van der Waals surface area contributed by atoms with E-state index in [0.29, 0.717) is 75.1 Å². The van der Waals surface area contributed by atoms with Crippen LogP contribution in [0.2, 0.25) is 0 Å². The monoisotopic (exact) mass is 2040 g/mol. The molecular weight excluding hydrogens is 1950 g/mol. The Hall–Kier alpha value is -16.1. The zero-order valence-electron chi connectivity index (χ0n) is 79.3. The number of aromatic amines is 5. The lowest BCUT2D eigenvalue weighted by molar-refractivity contribution is 0.0699. The molecule has 0 spiro atoms. The van der Waals surface area contributed by atoms with Gasteiger partial charge in [-0.3, -0.25) is 33.6 Å². The van der Waals surface area contributed by atoms with E-state index in [1.165, 1.54) is 46.4 Å². The van der Waals surface area contributed by atoms with E-state index in [1.807, 2.05) is 62.6 Å². The van der Waals surface area contributed by atoms with Crippen molar-refractivity contribution < 1.29 is 42.1 Å². The standard InChI is InChI=1S/2C20H21N7O2S.C19H17N7O2S.C19H18N6O2S.C17H16N8O2S/c1-19(2,3)30(28,29)26-12-20(13-26,6-7-21)27-11-14(9-25-27)17-15-5-8-23-18(15)24-10-16(17)22-4;1-14(2)11-30(28,29)26-12-20(13-26,5-6-21)27-10-15(8-25-27)18-16-4-7-23-19(16)24-9-17(18)22-3;1-21-16-9-23-18-15(4-7-22-18)17(16)13-8-24-26(10-13)19(5-6-20)11-25(12-19)29(27,28)14-2-3-14;1-3-28(26,27)24-12-19(13-24,6-7-20)25-11-14(10-17(25)21-2)15-4-8-22-18-16(15)5-9-23-18;1-3-28(26,27)24-9-17(10-24,5-6-18)25-8-13(15(19-2)23-25)14-12-4-7-20-16(12)22-11-21-14/h5,8-11H,6,12-13H2,1-3H3,(H,23,24);4,7-10,14H,5,11-13H2,1-2H3,(H,23,24);4,7-10,14H,2-3,5,11-12H2,(H,22,23);4-5,8-11H,3,6,12-13H2,1H3,(H,22,23);4,7-8,11H,3,5,9-10H2,1H3,(H,20,21,22). The summed E-state index contributed by atoms with van der Waals surface area (Å²) in [5, 5.41) is 68.4. The van der Waals surface area contributed by atoms with Crippen LogP contribution in [0.5, 0.6) is 0 Å². The van der Waals surface area contributed by atoms with Crippen molar-refractivity contribution in [2.24, 2.45) is 5.92 Å². The molecule has 45 nitrogen and oxygen atoms in total. The van der Waals surface area contributed by atoms with Gasteiger partial charge in [0.2, 0.25) is 73.0 Å². The molecule has 20 heterocycles. The second-order valence-corrected chi connectivity index (χ2v) is 49.1. The first-order chi connectivity index (χ1) is 69.3. The van der Waals surface area contributed by atoms with Crippen molar-refractivity contribution in [3.05, 3.63) is 211 Å². The van der Waals surface area contributed by atoms with Crippen molar-refractivity contribution in [1.82, 2.24) is 120 Å². The number of rotatable bonds is 25. The lowest BCUT2D eigenvalue weighted by Gasteiger charge is -2.49. The van der Waals surface area contributed by atoms with E-state index in [0.717, 1.165) is 71.5 Å². The van der Waals surface area contributed by atoms with Gasteiger partial charge in [-0.25, -0.2) is 71.6 Å². The lowest BCUT2D eigenvalue weighted by atomic mass is 9.88. The molecular formula is C95H93N35O10S5. The van der Waals surface area contributed by atoms with Gasteiger partial charge in [0.25, 0.3) is 0 Å². The molecule has 5 N–H and O–H groups in total. The highest BCUT2D eigenvalue weighted by Gasteiger charge is 2.58. The average molecular weight is 2050 g/mol. The number of nitrogens with zero attached hydrogens (tertiary/aromatic N) is 30. The summed E-state index contributed by atoms with van der Waals surface area (Å²) in [7, 11) is -16.8. The summed E-state index contributed by atoms with van der Waals surface area (Å²) in [6.45, 7) is 51.4. The maximum absolute atomic E-state index is 12.8. The van der Waals surface area contributed by atoms with Gasteiger partial charge in [-0.1, -0.05) is 27.0 Å². The second-order valence-electron chi connectivity index (χ2n) is 37.7. The number of aromatic nitrogens is 20. The largest absolute Gasteiger partial charge is 0.364 e. The molecule has 145 heavy (non-hydrogen) atoms. The van der Waals surface area contributed by atoms with Crippen LogP contribution in [0.25, 0.3) is 135 Å². The average Bonchev–Trinajstić information content (AvgIpc) is 1.70. The Morgan fingerprint density at radius 1 is 0.421 bits per heavy atom. The van der Waals surface area contributed by atoms with E-state index in [-0.39, 0.29) is 132 Å². The van der Waals surface area contributed by atoms with Crippen molar-refractivity contribution in [3.63, 3.8) is 0 Å². The summed E-state index contributed by atoms with van der Waals surface area (Å²) in [5.41, 5.74) is 8.22. The van der Waals surface area contributed by atoms with Crippen LogP contribution in [0, 0.1) is 95.4 Å². The van der Waals surface area contributed by atoms with Crippen LogP contribution in [0.1, 0.15) is 93.4 Å². The number of H-pyrrole nitrogens is 5. The number of nitrogens with one attached hydrogen (secondary N) is 5. The van der Waals surface area contributed by atoms with E-state index >= 15 is 0 Å². The molecule has 738 valence electrons. The summed E-state index contributed by atoms with van der Waals surface area (Å²) in [4.78, 5) is 58.6. The fourth-order valence-corrected chi connectivity index (χ4v) is 26.8. The number of nitriles is 5. The first kappa shape index (κ1) is 100. The van der Waals surface area contributed by atoms with Gasteiger partial charge < -0.3 is 34.6 Å². The molecule has 1 saturated carbocycles. The third-order valence-electron chi connectivity index (χ3n) is 26.8. The van der Waals surface area contributed by atoms with Gasteiger partial charge in [0, 0.05) is 204 Å². The molecule has 0 atom stereocenters. The van der Waals surface area contributed by atoms with Crippen molar-refractivity contribution in [2.75, 3.05) is 82.7 Å². The molecule has 5 saturated heterocycles. The summed E-state index contributed by atoms with van der Waals surface area (Å²) < 4.78 is 139. The molecule has 0 radical (unpaired) electrons. The van der Waals surface area contributed by atoms with E-state index in [2.05, 4.69) is 130 Å². The number of pyridine rings is 4. The van der Waals surface area contributed by atoms with Crippen molar-refractivity contribution in [3.8, 4) is 86.1 Å². The Morgan fingerprint density at radius 2 is 0.800 bits per heavy atom. The van der Waals surface area contributed by atoms with Gasteiger partial charge in [-0.2, -0.15) is 67.8 Å². The fourth-order valence-electron chi connectivity index (χ4n) is 18.8. The van der Waals surface area contributed by atoms with Gasteiger partial charge in [0.1, 0.15) is 62.3 Å². The SMILES string of the molecule is [C-]#[N+]c1cc(-c2ccnc3[nH]ccc23)cn1C1(CC#N)CN(S(=O)(=O)CC)C1.[C-]#[N+]c1cnc2[nH]ccc2c1-c1cnn(C2(CC#N)CN(S(=O)(=O)C(C)(C)C)C2)c1.[C-]#[N+]c1cnc2[nH]ccc2c1-c1cnn(C2(CC#N)CN(S(=O)(=O)C3CC3)C2)c1.[C-]#[N+]c1cnc2[nH]ccc2c1-c1cnn(C2(CC#N)CN(S(=O)(=O)CC(C)C)C2)c1.[C-]#[N+]c1nn(C2(CC#N)CN(S(=O)(=O)CC)C2)cc1-c1ncnc2[nH]ccc12. The van der Waals surface area contributed by atoms with Crippen molar-refractivity contribution >= 4 is 134 Å². The fraction of sp³-hybridized carbons (Fsp3) is 0.368. The Morgan fingerprint density at radius 3 is 1.19 bits per heavy atom. The van der Waals surface area contributed by atoms with Crippen LogP contribution in [-0.2, 0) is 77.8 Å². The normalized spacial score (nSPS) is 16.9. The molecule has 21 rings (SSSR count). The first-order valence-electron chi connectivity index (χ1n) is 45.5. The summed E-state index contributed by atoms with van der Waals surface area (Å²) in [5.74, 6) is 0.663. The maximum Gasteiger partial charge on any atom is 0.304 e. The van der Waals surface area contributed by atoms with Crippen LogP contribution >= 0.6 is 0 Å². The van der Waals surface area contributed by atoms with Crippen LogP contribution in [0.3, 0.4) is 0 Å². The highest BCUT2D eigenvalue weighted by molar-refractivity contribution is 7.91. The molecule has 5 aliphatic heterocycles. The lowest BCUT2D eigenvalue weighted by Crippen LogP contribution is -2.66. The zero-order chi connectivity index (χ0) is 103. The first-order valence-corrected chi connectivity index (χ1v) is 53.3. The van der Waals surface area contributed by atoms with Crippen LogP contribution in [-0.4, -0.2) is 255 Å². The predicted octanol–water partition coefficient (Wildman–Crippen LogP) is 12.8. The van der Waals surface area contributed by atoms with Crippen LogP contribution < -0.4 is 0 Å². The predicted molar refractivity (Wildman–Crippen MR) is 535 cm³/mol. The molecule has 0 unspecified atom stereocenters. The minimum Gasteiger partial charge on any atom is -0.364 e. The van der Waals surface area contributed by atoms with Crippen molar-refractivity contribution in [2.45, 2.75) is 131 Å². The molecule has 0 bridgehead atoms. The minimum absolute atomic E-state index is 0.000297. The van der Waals surface area contributed by atoms with E-state index in [1.54, 1.807) is 138 Å². The topological polar surface area (TPSA) is 560 Å². The Balaban J connectivity index is 0.000000124. The van der Waals surface area contributed by atoms with Crippen LogP contribution in [0.15, 0.2) is 154 Å². The maximum atomic E-state index is 12.8. The molecule has 15 aromatic rings. The van der Waals surface area contributed by atoms with E-state index in [9.17, 15) is 68.4 Å². The molecule has 0 aromatic carbocycles. The molecule has 0 amide bonds. The number of fused-ring (bicyclic) bond motifs is 5. The highest BCUT2D eigenvalue weighted by atomic mass is 32.2. The Kier molecular flexibility index (Phi) is 26.8. The smallest absolute Gasteiger partial charge is 0.304 e. The Labute approximate surface area is 834 Å². The summed E-state index contributed by atoms with van der Waals surface area (Å²) >= 11 is 0. The molecule has 6 fully saturated rings. The molecule has 1 aliphatic carbocycles.